The van der Waals surface area contributed by atoms with Crippen molar-refractivity contribution in [3.8, 4) is 23.0 Å². The number of hydrogen-bond donors (Lipinski definition) is 2. The molecule has 0 atom stereocenters. The van der Waals surface area contributed by atoms with Gasteiger partial charge in [-0.2, -0.15) is 0 Å². The summed E-state index contributed by atoms with van der Waals surface area (Å²) >= 11 is 0. The number of ketones is 1. The summed E-state index contributed by atoms with van der Waals surface area (Å²) < 4.78 is 9.66. The van der Waals surface area contributed by atoms with Crippen LogP contribution >= 0.6 is 0 Å². The fourth-order valence-corrected chi connectivity index (χ4v) is 2.10. The van der Waals surface area contributed by atoms with Gasteiger partial charge in [-0.3, -0.25) is 14.4 Å². The fraction of sp³-hybridized carbons (Fsp3) is 0.105. The van der Waals surface area contributed by atoms with Gasteiger partial charge in [0.2, 0.25) is 0 Å². The van der Waals surface area contributed by atoms with Crippen molar-refractivity contribution >= 4 is 23.8 Å². The predicted octanol–water partition coefficient (Wildman–Crippen LogP) is 2.84. The van der Waals surface area contributed by atoms with E-state index in [9.17, 15) is 24.6 Å². The minimum atomic E-state index is -0.545. The maximum atomic E-state index is 12.2. The smallest absolute Gasteiger partial charge is 0.308 e. The number of esters is 2. The van der Waals surface area contributed by atoms with E-state index >= 15 is 0 Å². The van der Waals surface area contributed by atoms with Gasteiger partial charge in [-0.25, -0.2) is 0 Å². The molecule has 0 saturated heterocycles. The number of phenols is 2. The lowest BCUT2D eigenvalue weighted by molar-refractivity contribution is -0.132. The number of carbonyl (C=O) groups excluding carboxylic acids is 3. The summed E-state index contributed by atoms with van der Waals surface area (Å²) in [5.41, 5.74) is 0.332. The monoisotopic (exact) mass is 356 g/mol. The molecule has 0 aliphatic carbocycles. The number of rotatable bonds is 5. The van der Waals surface area contributed by atoms with Gasteiger partial charge in [-0.15, -0.1) is 0 Å². The summed E-state index contributed by atoms with van der Waals surface area (Å²) in [6, 6.07) is 8.06. The van der Waals surface area contributed by atoms with Crippen LogP contribution in [-0.2, 0) is 9.59 Å². The second kappa shape index (κ2) is 7.98. The summed E-state index contributed by atoms with van der Waals surface area (Å²) in [6.45, 7) is 2.46. The minimum absolute atomic E-state index is 0.00757. The van der Waals surface area contributed by atoms with Gasteiger partial charge in [0.25, 0.3) is 0 Å². The quantitative estimate of drug-likeness (QED) is 0.367. The first-order valence-corrected chi connectivity index (χ1v) is 7.51. The molecule has 0 radical (unpaired) electrons. The molecule has 0 spiro atoms. The first-order valence-electron chi connectivity index (χ1n) is 7.51. The van der Waals surface area contributed by atoms with Crippen LogP contribution in [0.25, 0.3) is 6.08 Å². The Morgan fingerprint density at radius 3 is 1.88 bits per heavy atom. The Balaban J connectivity index is 2.16. The SMILES string of the molecule is CC(=O)Oc1ccc(C=CC(=O)c2ccc(OC(C)=O)cc2O)c(O)c1. The minimum Gasteiger partial charge on any atom is -0.507 e. The lowest BCUT2D eigenvalue weighted by Gasteiger charge is -2.05. The highest BCUT2D eigenvalue weighted by Gasteiger charge is 2.11. The van der Waals surface area contributed by atoms with Crippen LogP contribution in [0.1, 0.15) is 29.8 Å². The number of hydrogen-bond acceptors (Lipinski definition) is 7. The number of ether oxygens (including phenoxy) is 2. The average Bonchev–Trinajstić information content (AvgIpc) is 2.52. The van der Waals surface area contributed by atoms with Crippen LogP contribution in [0.15, 0.2) is 42.5 Å². The maximum Gasteiger partial charge on any atom is 0.308 e. The van der Waals surface area contributed by atoms with Crippen LogP contribution in [0.3, 0.4) is 0 Å². The molecule has 2 N–H and O–H groups in total. The van der Waals surface area contributed by atoms with Crippen LogP contribution in [-0.4, -0.2) is 27.9 Å². The van der Waals surface area contributed by atoms with Crippen molar-refractivity contribution in [2.75, 3.05) is 0 Å². The van der Waals surface area contributed by atoms with Gasteiger partial charge in [0.1, 0.15) is 23.0 Å². The molecule has 0 heterocycles. The van der Waals surface area contributed by atoms with E-state index in [1.54, 1.807) is 0 Å². The molecule has 26 heavy (non-hydrogen) atoms. The molecule has 0 fully saturated rings. The van der Waals surface area contributed by atoms with Crippen LogP contribution in [0.5, 0.6) is 23.0 Å². The van der Waals surface area contributed by atoms with Crippen molar-refractivity contribution in [2.45, 2.75) is 13.8 Å². The highest BCUT2D eigenvalue weighted by Crippen LogP contribution is 2.27. The number of phenolic OH excluding ortho intramolecular Hbond substituents is 2. The highest BCUT2D eigenvalue weighted by molar-refractivity contribution is 6.08. The van der Waals surface area contributed by atoms with Crippen LogP contribution in [0, 0.1) is 0 Å². The molecule has 0 bridgehead atoms. The van der Waals surface area contributed by atoms with Crippen LogP contribution in [0.4, 0.5) is 0 Å². The van der Waals surface area contributed by atoms with Crippen molar-refractivity contribution in [3.05, 3.63) is 53.6 Å². The summed E-state index contributed by atoms with van der Waals surface area (Å²) in [5.74, 6) is -1.80. The fourth-order valence-electron chi connectivity index (χ4n) is 2.10. The zero-order valence-electron chi connectivity index (χ0n) is 14.1. The van der Waals surface area contributed by atoms with Crippen molar-refractivity contribution < 1.29 is 34.1 Å². The van der Waals surface area contributed by atoms with Crippen molar-refractivity contribution in [1.82, 2.24) is 0 Å². The van der Waals surface area contributed by atoms with Gasteiger partial charge in [0.05, 0.1) is 5.56 Å². The molecule has 2 aromatic carbocycles. The van der Waals surface area contributed by atoms with Gasteiger partial charge in [-0.05, 0) is 36.4 Å². The van der Waals surface area contributed by atoms with E-state index in [1.807, 2.05) is 0 Å². The Kier molecular flexibility index (Phi) is 5.74. The third-order valence-corrected chi connectivity index (χ3v) is 3.17. The second-order valence-corrected chi connectivity index (χ2v) is 5.28. The lowest BCUT2D eigenvalue weighted by atomic mass is 10.1. The van der Waals surface area contributed by atoms with Crippen LogP contribution < -0.4 is 9.47 Å². The largest absolute Gasteiger partial charge is 0.507 e. The Morgan fingerprint density at radius 2 is 1.38 bits per heavy atom. The second-order valence-electron chi connectivity index (χ2n) is 5.28. The number of carbonyl (C=O) groups is 3. The van der Waals surface area contributed by atoms with Gasteiger partial charge >= 0.3 is 11.9 Å². The number of allylic oxidation sites excluding steroid dienone is 1. The molecule has 2 aromatic rings. The van der Waals surface area contributed by atoms with Crippen LogP contribution in [0.2, 0.25) is 0 Å². The summed E-state index contributed by atoms with van der Waals surface area (Å²) in [5, 5.41) is 19.8. The van der Waals surface area contributed by atoms with Gasteiger partial charge in [-0.1, -0.05) is 0 Å². The molecular weight excluding hydrogens is 340 g/mol. The maximum absolute atomic E-state index is 12.2. The molecular formula is C19H16O7. The summed E-state index contributed by atoms with van der Waals surface area (Å²) in [4.78, 5) is 34.0. The Morgan fingerprint density at radius 1 is 0.846 bits per heavy atom. The zero-order chi connectivity index (χ0) is 19.3. The molecule has 0 saturated carbocycles. The predicted molar refractivity (Wildman–Crippen MR) is 92.2 cm³/mol. The van der Waals surface area contributed by atoms with Crippen molar-refractivity contribution in [3.63, 3.8) is 0 Å². The molecule has 7 nitrogen and oxygen atoms in total. The molecule has 0 aliphatic rings. The number of benzene rings is 2. The van der Waals surface area contributed by atoms with E-state index in [4.69, 9.17) is 9.47 Å². The Bertz CT molecular complexity index is 897. The molecule has 0 aromatic heterocycles. The molecule has 0 unspecified atom stereocenters. The van der Waals surface area contributed by atoms with Gasteiger partial charge in [0, 0.05) is 31.5 Å². The van der Waals surface area contributed by atoms with Crippen molar-refractivity contribution in [2.24, 2.45) is 0 Å². The number of aromatic hydroxyl groups is 2. The molecule has 7 heteroatoms. The molecule has 134 valence electrons. The van der Waals surface area contributed by atoms with Gasteiger partial charge < -0.3 is 19.7 Å². The Hall–Kier alpha value is -3.61. The van der Waals surface area contributed by atoms with Gasteiger partial charge in [0.15, 0.2) is 5.78 Å². The molecule has 0 amide bonds. The summed E-state index contributed by atoms with van der Waals surface area (Å²) in [7, 11) is 0. The standard InChI is InChI=1S/C19H16O7/c1-11(20)25-14-5-3-13(18(23)9-14)4-8-17(22)16-7-6-15(10-19(16)24)26-12(2)21/h3-10,23-24H,1-2H3. The van der Waals surface area contributed by atoms with Crippen molar-refractivity contribution in [1.29, 1.82) is 0 Å². The highest BCUT2D eigenvalue weighted by atomic mass is 16.5. The van der Waals surface area contributed by atoms with E-state index in [0.29, 0.717) is 5.56 Å². The van der Waals surface area contributed by atoms with E-state index in [0.717, 1.165) is 6.07 Å². The zero-order valence-corrected chi connectivity index (χ0v) is 14.1. The topological polar surface area (TPSA) is 110 Å². The normalized spacial score (nSPS) is 10.5. The molecule has 2 rings (SSSR count). The Labute approximate surface area is 149 Å². The van der Waals surface area contributed by atoms with E-state index < -0.39 is 17.7 Å². The van der Waals surface area contributed by atoms with E-state index in [1.165, 1.54) is 56.3 Å². The third kappa shape index (κ3) is 4.94. The first-order chi connectivity index (χ1) is 12.3. The average molecular weight is 356 g/mol. The van der Waals surface area contributed by atoms with E-state index in [-0.39, 0.29) is 28.6 Å². The van der Waals surface area contributed by atoms with E-state index in [2.05, 4.69) is 0 Å². The lowest BCUT2D eigenvalue weighted by Crippen LogP contribution is -2.02. The molecule has 0 aliphatic heterocycles. The summed E-state index contributed by atoms with van der Waals surface area (Å²) in [6.07, 6.45) is 2.52. The first kappa shape index (κ1) is 18.7. The third-order valence-electron chi connectivity index (χ3n) is 3.17.